The van der Waals surface area contributed by atoms with Gasteiger partial charge in [-0.15, -0.1) is 0 Å². The minimum Gasteiger partial charge on any atom is -0.464 e. The van der Waals surface area contributed by atoms with Crippen LogP contribution in [0, 0.1) is 35.0 Å². The molecule has 1 heterocycles. The maximum atomic E-state index is 14.6. The van der Waals surface area contributed by atoms with E-state index >= 15 is 0 Å². The van der Waals surface area contributed by atoms with Crippen molar-refractivity contribution in [1.29, 1.82) is 0 Å². The van der Waals surface area contributed by atoms with Crippen molar-refractivity contribution in [3.63, 3.8) is 0 Å². The normalized spacial score (nSPS) is 15.1. The summed E-state index contributed by atoms with van der Waals surface area (Å²) in [5.41, 5.74) is 0.696. The number of ether oxygens (including phenoxy) is 17. The average Bonchev–Trinajstić information content (AvgIpc) is 0.911. The summed E-state index contributed by atoms with van der Waals surface area (Å²) in [7, 11) is 9.96. The molecule has 0 bridgehead atoms. The van der Waals surface area contributed by atoms with E-state index in [1.54, 1.807) is 30.9 Å². The van der Waals surface area contributed by atoms with E-state index in [2.05, 4.69) is 42.5 Å². The van der Waals surface area contributed by atoms with Crippen molar-refractivity contribution in [1.82, 2.24) is 57.2 Å². The van der Waals surface area contributed by atoms with Gasteiger partial charge in [0.2, 0.25) is 53.2 Å². The van der Waals surface area contributed by atoms with E-state index in [0.717, 1.165) is 5.56 Å². The van der Waals surface area contributed by atoms with E-state index in [9.17, 15) is 57.5 Å². The molecule has 40 heteroatoms. The molecule has 40 nitrogen and oxygen atoms in total. The molecule has 132 heavy (non-hydrogen) atoms. The van der Waals surface area contributed by atoms with Crippen LogP contribution < -0.4 is 42.5 Å². The zero-order valence-corrected chi connectivity index (χ0v) is 82.0. The summed E-state index contributed by atoms with van der Waals surface area (Å²) >= 11 is 0. The third-order valence-corrected chi connectivity index (χ3v) is 21.2. The third kappa shape index (κ3) is 55.3. The minimum absolute atomic E-state index is 0.00895. The lowest BCUT2D eigenvalue weighted by Crippen LogP contribution is -2.59. The van der Waals surface area contributed by atoms with E-state index in [4.69, 9.17) is 80.5 Å². The number of benzene rings is 1. The fourth-order valence-corrected chi connectivity index (χ4v) is 14.0. The minimum atomic E-state index is -1.22. The lowest BCUT2D eigenvalue weighted by molar-refractivity contribution is -0.148. The number of amides is 10. The molecule has 0 radical (unpaired) electrons. The Balaban J connectivity index is 1.85. The van der Waals surface area contributed by atoms with E-state index in [-0.39, 0.29) is 145 Å². The molecule has 1 aromatic carbocycles. The van der Waals surface area contributed by atoms with Crippen LogP contribution in [-0.2, 0) is 140 Å². The summed E-state index contributed by atoms with van der Waals surface area (Å²) in [6, 6.07) is 4.51. The highest BCUT2D eigenvalue weighted by Crippen LogP contribution is 2.30. The van der Waals surface area contributed by atoms with Gasteiger partial charge in [-0.25, -0.2) is 9.59 Å². The van der Waals surface area contributed by atoms with Crippen molar-refractivity contribution in [3.05, 3.63) is 35.9 Å². The lowest BCUT2D eigenvalue weighted by atomic mass is 9.89. The van der Waals surface area contributed by atoms with Gasteiger partial charge in [0.25, 0.3) is 0 Å². The SMILES string of the molecule is CC[C@H](C)[C@@H]([C@@H](CC(=O)N1CCC[C@H]1[C@H](OC)[C@@H](C)C(=O)N[C@@H](Cc1ccccc1)C(=O)NCCCOC(=O)[C@H](C)NC(=O)CCNC(=O)OC[C@H](CC(=O)CNC(=O)CCNC(=O)CCOCC(C)(C)C)C(=O)NCCOCCOCCOCCOCCOCCOCCOCCOCCOCCOCCOCCOC)OC)N(C)C(=O)[C@@H](NC(=O)[C@H](C(C)C)N(C)C)C(C)C. The number of carbonyl (C=O) groups excluding carboxylic acids is 12. The first-order valence-corrected chi connectivity index (χ1v) is 46.5. The van der Waals surface area contributed by atoms with Crippen LogP contribution in [0.15, 0.2) is 30.3 Å². The lowest BCUT2D eigenvalue weighted by Gasteiger charge is -2.41. The van der Waals surface area contributed by atoms with Gasteiger partial charge in [-0.1, -0.05) is 106 Å². The van der Waals surface area contributed by atoms with Crippen LogP contribution in [0.1, 0.15) is 140 Å². The zero-order chi connectivity index (χ0) is 97.9. The molecule has 0 unspecified atom stereocenters. The Kier molecular flexibility index (Phi) is 67.0. The molecule has 0 aliphatic carbocycles. The van der Waals surface area contributed by atoms with Crippen molar-refractivity contribution >= 4 is 71.0 Å². The zero-order valence-electron chi connectivity index (χ0n) is 82.0. The number of carbonyl (C=O) groups is 12. The van der Waals surface area contributed by atoms with Crippen molar-refractivity contribution in [3.8, 4) is 0 Å². The van der Waals surface area contributed by atoms with E-state index in [0.29, 0.717) is 165 Å². The van der Waals surface area contributed by atoms with Crippen LogP contribution in [-0.4, -0.2) is 394 Å². The summed E-state index contributed by atoms with van der Waals surface area (Å²) in [6.07, 6.45) is -1.34. The average molecular weight is 1890 g/mol. The van der Waals surface area contributed by atoms with Gasteiger partial charge in [0.15, 0.2) is 5.78 Å². The number of nitrogens with one attached hydrogen (secondary N) is 8. The highest BCUT2D eigenvalue weighted by Gasteiger charge is 2.44. The Morgan fingerprint density at radius 2 is 1.00 bits per heavy atom. The van der Waals surface area contributed by atoms with Gasteiger partial charge in [0, 0.05) is 93.2 Å². The van der Waals surface area contributed by atoms with Crippen LogP contribution >= 0.6 is 0 Å². The van der Waals surface area contributed by atoms with Crippen LogP contribution in [0.5, 0.6) is 0 Å². The fraction of sp³-hybridized carbons (Fsp3) is 0.804. The second-order valence-corrected chi connectivity index (χ2v) is 34.3. The Morgan fingerprint density at radius 3 is 1.49 bits per heavy atom. The number of ketones is 1. The fourth-order valence-electron chi connectivity index (χ4n) is 14.0. The summed E-state index contributed by atoms with van der Waals surface area (Å²) < 4.78 is 93.9. The second kappa shape index (κ2) is 73.5. The van der Waals surface area contributed by atoms with Crippen LogP contribution in [0.2, 0.25) is 0 Å². The van der Waals surface area contributed by atoms with Gasteiger partial charge >= 0.3 is 12.1 Å². The smallest absolute Gasteiger partial charge is 0.407 e. The predicted octanol–water partition coefficient (Wildman–Crippen LogP) is 2.63. The molecular weight excluding hydrogens is 1720 g/mol. The molecule has 11 atom stereocenters. The molecule has 1 aliphatic rings. The molecule has 1 aliphatic heterocycles. The molecule has 0 spiro atoms. The van der Waals surface area contributed by atoms with Crippen molar-refractivity contribution in [2.24, 2.45) is 35.0 Å². The van der Waals surface area contributed by atoms with E-state index in [1.165, 1.54) is 21.1 Å². The van der Waals surface area contributed by atoms with Crippen molar-refractivity contribution in [2.75, 3.05) is 260 Å². The molecule has 1 aromatic rings. The summed E-state index contributed by atoms with van der Waals surface area (Å²) in [6.45, 7) is 29.7. The number of alkyl carbamates (subject to hydrolysis) is 1. The van der Waals surface area contributed by atoms with E-state index in [1.807, 2.05) is 112 Å². The third-order valence-electron chi connectivity index (χ3n) is 21.2. The monoisotopic (exact) mass is 1890 g/mol. The quantitative estimate of drug-likeness (QED) is 0.0343. The first kappa shape index (κ1) is 120. The number of hydrogen-bond acceptors (Lipinski definition) is 30. The first-order valence-electron chi connectivity index (χ1n) is 46.5. The summed E-state index contributed by atoms with van der Waals surface area (Å²) in [5.74, 6) is -7.76. The predicted molar refractivity (Wildman–Crippen MR) is 490 cm³/mol. The maximum Gasteiger partial charge on any atom is 0.407 e. The number of rotatable bonds is 80. The Hall–Kier alpha value is -7.78. The Labute approximate surface area is 782 Å². The number of Topliss-reactive ketones (excluding diaryl/α,β-unsaturated/α-hetero) is 1. The summed E-state index contributed by atoms with van der Waals surface area (Å²) in [5, 5.41) is 21.5. The second-order valence-electron chi connectivity index (χ2n) is 34.3. The molecule has 0 aromatic heterocycles. The first-order chi connectivity index (χ1) is 63.2. The molecule has 10 amide bonds. The molecule has 8 N–H and O–H groups in total. The van der Waals surface area contributed by atoms with Crippen LogP contribution in [0.3, 0.4) is 0 Å². The molecule has 1 fully saturated rings. The molecular formula is C92H163N11O29. The number of hydrogen-bond donors (Lipinski definition) is 8. The molecule has 1 saturated heterocycles. The summed E-state index contributed by atoms with van der Waals surface area (Å²) in [4.78, 5) is 167. The molecule has 0 saturated carbocycles. The highest BCUT2D eigenvalue weighted by atomic mass is 16.6. The molecule has 760 valence electrons. The van der Waals surface area contributed by atoms with Crippen molar-refractivity contribution in [2.45, 2.75) is 189 Å². The topological polar surface area (TPSA) is 468 Å². The number of methoxy groups -OCH3 is 3. The largest absolute Gasteiger partial charge is 0.464 e. The van der Waals surface area contributed by atoms with Gasteiger partial charge < -0.3 is 133 Å². The number of esters is 1. The van der Waals surface area contributed by atoms with Gasteiger partial charge in [-0.3, -0.25) is 52.8 Å². The maximum absolute atomic E-state index is 14.6. The number of likely N-dealkylation sites (N-methyl/N-ethyl adjacent to an activating group) is 2. The van der Waals surface area contributed by atoms with Crippen molar-refractivity contribution < 1.29 is 138 Å². The van der Waals surface area contributed by atoms with Crippen LogP contribution in [0.25, 0.3) is 0 Å². The van der Waals surface area contributed by atoms with Gasteiger partial charge in [0.1, 0.15) is 24.7 Å². The number of nitrogens with zero attached hydrogens (tertiary/aromatic N) is 3. The van der Waals surface area contributed by atoms with Gasteiger partial charge in [-0.2, -0.15) is 0 Å². The van der Waals surface area contributed by atoms with Crippen LogP contribution in [0.4, 0.5) is 4.79 Å². The highest BCUT2D eigenvalue weighted by molar-refractivity contribution is 5.92. The Bertz CT molecular complexity index is 3340. The molecule has 2 rings (SSSR count). The standard InChI is InChI=1S/C92H163N11O29/c1-18-68(6)83(102(14)89(113)81(66(2)3)100-88(112)82(67(4)5)101(12)13)76(117-16)62-80(108)103-34-22-26-75(103)84(118-17)69(7)85(109)99-74(60-71-24-20-19-21-25-71)87(111)94-30-23-35-131-90(114)70(8)98-79(107)28-32-96-91(115)132-64-72(61-73(104)63-97-77(105)27-31-93-78(106)29-36-130-65-92(9,10)11)86(110)95-33-37-119-40-41-121-44-45-123-48-49-125-52-53-127-56-57-129-59-58-128-55-54-126-51-50-124-47-46-122-43-42-120-39-38-116-15/h19-21,24-25,66-70,72,74-76,81-84H,18,22-23,26-65H2,1-17H3,(H,93,106)(H,94,111)(H,95,110)(H,96,115)(H,97,105)(H,98,107)(H,99,109)(H,100,112)/t68-,69+,70-,72-,74-,75-,76+,81-,82-,83-,84+/m0/s1. The van der Waals surface area contributed by atoms with Gasteiger partial charge in [-0.05, 0) is 69.0 Å². The number of likely N-dealkylation sites (tertiary alicyclic amines) is 1. The van der Waals surface area contributed by atoms with E-state index < -0.39 is 127 Å². The van der Waals surface area contributed by atoms with Gasteiger partial charge in [0.05, 0.1) is 227 Å². The Morgan fingerprint density at radius 1 is 0.492 bits per heavy atom.